The van der Waals surface area contributed by atoms with E-state index in [1.807, 2.05) is 0 Å². The summed E-state index contributed by atoms with van der Waals surface area (Å²) in [5.41, 5.74) is 0.127. The molecule has 70 valence electrons. The molecule has 0 bridgehead atoms. The molecular formula is C9H18N2O. The summed E-state index contributed by atoms with van der Waals surface area (Å²) in [4.78, 5) is 0. The highest BCUT2D eigenvalue weighted by atomic mass is 16.3. The first-order valence-electron chi connectivity index (χ1n) is 4.94. The Labute approximate surface area is 73.5 Å². The van der Waals surface area contributed by atoms with Crippen molar-refractivity contribution in [3.8, 4) is 0 Å². The molecule has 0 unspecified atom stereocenters. The Morgan fingerprint density at radius 3 is 2.50 bits per heavy atom. The third-order valence-electron chi connectivity index (χ3n) is 3.01. The number of hydrogen-bond acceptors (Lipinski definition) is 3. The fourth-order valence-electron chi connectivity index (χ4n) is 1.90. The summed E-state index contributed by atoms with van der Waals surface area (Å²) in [5.74, 6) is 0. The summed E-state index contributed by atoms with van der Waals surface area (Å²) in [7, 11) is 0. The van der Waals surface area contributed by atoms with Crippen molar-refractivity contribution in [3.05, 3.63) is 0 Å². The second kappa shape index (κ2) is 3.32. The minimum Gasteiger partial charge on any atom is -0.394 e. The number of hydrogen-bond donors (Lipinski definition) is 3. The molecule has 3 N–H and O–H groups in total. The van der Waals surface area contributed by atoms with Gasteiger partial charge in [-0.05, 0) is 38.8 Å². The molecule has 0 aromatic rings. The van der Waals surface area contributed by atoms with Crippen LogP contribution in [0, 0.1) is 0 Å². The highest BCUT2D eigenvalue weighted by Crippen LogP contribution is 2.35. The lowest BCUT2D eigenvalue weighted by atomic mass is 10.1. The molecule has 1 aliphatic carbocycles. The maximum Gasteiger partial charge on any atom is 0.0613 e. The molecular weight excluding hydrogens is 152 g/mol. The van der Waals surface area contributed by atoms with Crippen molar-refractivity contribution in [2.24, 2.45) is 0 Å². The Bertz CT molecular complexity index is 151. The van der Waals surface area contributed by atoms with E-state index in [0.29, 0.717) is 12.6 Å². The molecule has 0 amide bonds. The van der Waals surface area contributed by atoms with Gasteiger partial charge in [0.15, 0.2) is 0 Å². The van der Waals surface area contributed by atoms with E-state index in [9.17, 15) is 0 Å². The summed E-state index contributed by atoms with van der Waals surface area (Å²) < 4.78 is 0. The van der Waals surface area contributed by atoms with Gasteiger partial charge >= 0.3 is 0 Å². The molecule has 1 saturated heterocycles. The molecule has 1 aliphatic heterocycles. The van der Waals surface area contributed by atoms with Crippen LogP contribution in [0.2, 0.25) is 0 Å². The van der Waals surface area contributed by atoms with Gasteiger partial charge in [0.2, 0.25) is 0 Å². The van der Waals surface area contributed by atoms with E-state index in [4.69, 9.17) is 5.11 Å². The van der Waals surface area contributed by atoms with Crippen LogP contribution in [0.15, 0.2) is 0 Å². The minimum absolute atomic E-state index is 0.127. The summed E-state index contributed by atoms with van der Waals surface area (Å²) in [5, 5.41) is 16.0. The number of aliphatic hydroxyl groups is 1. The van der Waals surface area contributed by atoms with Gasteiger partial charge in [0.1, 0.15) is 0 Å². The molecule has 1 heterocycles. The first-order chi connectivity index (χ1) is 5.85. The summed E-state index contributed by atoms with van der Waals surface area (Å²) >= 11 is 0. The number of nitrogens with one attached hydrogen (secondary N) is 2. The van der Waals surface area contributed by atoms with E-state index < -0.39 is 0 Å². The lowest BCUT2D eigenvalue weighted by molar-refractivity contribution is 0.208. The fraction of sp³-hybridized carbons (Fsp3) is 1.00. The third kappa shape index (κ3) is 1.79. The van der Waals surface area contributed by atoms with Crippen LogP contribution in [-0.4, -0.2) is 36.4 Å². The smallest absolute Gasteiger partial charge is 0.0613 e. The van der Waals surface area contributed by atoms with Gasteiger partial charge in [-0.3, -0.25) is 0 Å². The Morgan fingerprint density at radius 2 is 2.00 bits per heavy atom. The Hall–Kier alpha value is -0.120. The van der Waals surface area contributed by atoms with E-state index in [-0.39, 0.29) is 5.54 Å². The molecule has 0 spiro atoms. The molecule has 12 heavy (non-hydrogen) atoms. The van der Waals surface area contributed by atoms with Crippen LogP contribution in [0.4, 0.5) is 0 Å². The van der Waals surface area contributed by atoms with Gasteiger partial charge in [-0.25, -0.2) is 0 Å². The zero-order valence-electron chi connectivity index (χ0n) is 7.47. The molecule has 0 atom stereocenters. The predicted octanol–water partition coefficient (Wildman–Crippen LogP) is -0.147. The van der Waals surface area contributed by atoms with Gasteiger partial charge in [-0.2, -0.15) is 0 Å². The second-order valence-corrected chi connectivity index (χ2v) is 4.11. The Morgan fingerprint density at radius 1 is 1.33 bits per heavy atom. The largest absolute Gasteiger partial charge is 0.394 e. The molecule has 3 nitrogen and oxygen atoms in total. The van der Waals surface area contributed by atoms with Gasteiger partial charge in [-0.15, -0.1) is 0 Å². The SMILES string of the molecule is OCC1(NC2CCNCC2)CC1. The van der Waals surface area contributed by atoms with Crippen LogP contribution in [0.25, 0.3) is 0 Å². The monoisotopic (exact) mass is 170 g/mol. The highest BCUT2D eigenvalue weighted by Gasteiger charge is 2.43. The topological polar surface area (TPSA) is 44.3 Å². The molecule has 1 saturated carbocycles. The van der Waals surface area contributed by atoms with Crippen molar-refractivity contribution in [3.63, 3.8) is 0 Å². The van der Waals surface area contributed by atoms with Crippen LogP contribution in [0.5, 0.6) is 0 Å². The van der Waals surface area contributed by atoms with Crippen LogP contribution in [0.1, 0.15) is 25.7 Å². The van der Waals surface area contributed by atoms with Crippen molar-refractivity contribution in [2.45, 2.75) is 37.3 Å². The van der Waals surface area contributed by atoms with Gasteiger partial charge in [0.05, 0.1) is 6.61 Å². The van der Waals surface area contributed by atoms with Crippen molar-refractivity contribution in [2.75, 3.05) is 19.7 Å². The molecule has 0 radical (unpaired) electrons. The number of rotatable bonds is 3. The van der Waals surface area contributed by atoms with E-state index >= 15 is 0 Å². The van der Waals surface area contributed by atoms with Gasteiger partial charge in [0.25, 0.3) is 0 Å². The predicted molar refractivity (Wildman–Crippen MR) is 48.1 cm³/mol. The molecule has 2 rings (SSSR count). The van der Waals surface area contributed by atoms with Gasteiger partial charge in [-0.1, -0.05) is 0 Å². The van der Waals surface area contributed by atoms with Gasteiger partial charge in [0, 0.05) is 11.6 Å². The van der Waals surface area contributed by atoms with E-state index in [0.717, 1.165) is 25.9 Å². The number of aliphatic hydroxyl groups excluding tert-OH is 1. The Kier molecular flexibility index (Phi) is 2.35. The van der Waals surface area contributed by atoms with Gasteiger partial charge < -0.3 is 15.7 Å². The van der Waals surface area contributed by atoms with E-state index in [1.165, 1.54) is 12.8 Å². The van der Waals surface area contributed by atoms with Crippen LogP contribution in [0.3, 0.4) is 0 Å². The fourth-order valence-corrected chi connectivity index (χ4v) is 1.90. The van der Waals surface area contributed by atoms with Crippen molar-refractivity contribution < 1.29 is 5.11 Å². The maximum absolute atomic E-state index is 9.11. The molecule has 0 aromatic carbocycles. The minimum atomic E-state index is 0.127. The number of piperidine rings is 1. The standard InChI is InChI=1S/C9H18N2O/c12-7-9(3-4-9)11-8-1-5-10-6-2-8/h8,10-12H,1-7H2. The summed E-state index contributed by atoms with van der Waals surface area (Å²) in [6.07, 6.45) is 4.74. The first kappa shape index (κ1) is 8.48. The lowest BCUT2D eigenvalue weighted by Gasteiger charge is -2.28. The average molecular weight is 170 g/mol. The average Bonchev–Trinajstić information content (AvgIpc) is 2.88. The van der Waals surface area contributed by atoms with Crippen LogP contribution < -0.4 is 10.6 Å². The third-order valence-corrected chi connectivity index (χ3v) is 3.01. The quantitative estimate of drug-likeness (QED) is 0.552. The zero-order chi connectivity index (χ0) is 8.44. The van der Waals surface area contributed by atoms with Crippen molar-refractivity contribution in [1.29, 1.82) is 0 Å². The molecule has 3 heteroatoms. The molecule has 0 aromatic heterocycles. The maximum atomic E-state index is 9.11. The molecule has 2 fully saturated rings. The van der Waals surface area contributed by atoms with Crippen LogP contribution in [-0.2, 0) is 0 Å². The highest BCUT2D eigenvalue weighted by molar-refractivity contribution is 5.03. The van der Waals surface area contributed by atoms with Crippen molar-refractivity contribution >= 4 is 0 Å². The van der Waals surface area contributed by atoms with E-state index in [1.54, 1.807) is 0 Å². The van der Waals surface area contributed by atoms with Crippen molar-refractivity contribution in [1.82, 2.24) is 10.6 Å². The molecule has 2 aliphatic rings. The lowest BCUT2D eigenvalue weighted by Crippen LogP contribution is -2.47. The summed E-state index contributed by atoms with van der Waals surface area (Å²) in [6.45, 7) is 2.56. The van der Waals surface area contributed by atoms with Crippen LogP contribution >= 0.6 is 0 Å². The van der Waals surface area contributed by atoms with E-state index in [2.05, 4.69) is 10.6 Å². The first-order valence-corrected chi connectivity index (χ1v) is 4.94. The second-order valence-electron chi connectivity index (χ2n) is 4.11. The Balaban J connectivity index is 1.77. The normalized spacial score (nSPS) is 28.8. The zero-order valence-corrected chi connectivity index (χ0v) is 7.47. The summed E-state index contributed by atoms with van der Waals surface area (Å²) in [6, 6.07) is 0.640.